The summed E-state index contributed by atoms with van der Waals surface area (Å²) in [4.78, 5) is 26.3. The first-order valence-corrected chi connectivity index (χ1v) is 10.8. The van der Waals surface area contributed by atoms with Gasteiger partial charge >= 0.3 is 0 Å². The van der Waals surface area contributed by atoms with Crippen LogP contribution >= 0.6 is 15.9 Å². The monoisotopic (exact) mass is 457 g/mol. The lowest BCUT2D eigenvalue weighted by Crippen LogP contribution is -2.37. The summed E-state index contributed by atoms with van der Waals surface area (Å²) in [7, 11) is 0. The minimum Gasteiger partial charge on any atom is -0.308 e. The third kappa shape index (κ3) is 5.86. The topological polar surface area (TPSA) is 37.4 Å². The third-order valence-corrected chi connectivity index (χ3v) is 5.75. The maximum absolute atomic E-state index is 14.5. The molecular weight excluding hydrogens is 433 g/mol. The van der Waals surface area contributed by atoms with Crippen LogP contribution in [0, 0.1) is 11.7 Å². The number of nitrogens with zero attached hydrogens (tertiary/aromatic N) is 1. The molecule has 29 heavy (non-hydrogen) atoms. The Morgan fingerprint density at radius 3 is 2.59 bits per heavy atom. The molecule has 1 fully saturated rings. The highest BCUT2D eigenvalue weighted by Crippen LogP contribution is 2.30. The maximum Gasteiger partial charge on any atom is 0.230 e. The summed E-state index contributed by atoms with van der Waals surface area (Å²) >= 11 is 3.28. The van der Waals surface area contributed by atoms with Gasteiger partial charge in [0.25, 0.3) is 0 Å². The van der Waals surface area contributed by atoms with Crippen molar-refractivity contribution in [2.75, 3.05) is 4.90 Å². The standard InChI is InChI=1S/C24H25BrFNO2/c1-17(28)10-11-18-6-5-9-22(14-18)27(24(29)19-7-3-2-4-8-19)16-20-12-13-21(25)15-23(20)26/h5-6,9-15,19H,2-4,7-8,16H2,1H3/b11-10+. The Bertz CT molecular complexity index is 919. The van der Waals surface area contributed by atoms with Gasteiger partial charge in [-0.2, -0.15) is 0 Å². The van der Waals surface area contributed by atoms with Crippen LogP contribution in [-0.4, -0.2) is 11.7 Å². The minimum atomic E-state index is -0.339. The van der Waals surface area contributed by atoms with Crippen LogP contribution in [0.5, 0.6) is 0 Å². The van der Waals surface area contributed by atoms with Crippen LogP contribution < -0.4 is 4.90 Å². The zero-order valence-corrected chi connectivity index (χ0v) is 18.1. The molecule has 3 rings (SSSR count). The van der Waals surface area contributed by atoms with E-state index in [1.54, 1.807) is 23.1 Å². The second-order valence-corrected chi connectivity index (χ2v) is 8.45. The highest BCUT2D eigenvalue weighted by molar-refractivity contribution is 9.10. The van der Waals surface area contributed by atoms with Crippen molar-refractivity contribution in [1.82, 2.24) is 0 Å². The van der Waals surface area contributed by atoms with E-state index >= 15 is 0 Å². The molecule has 0 saturated heterocycles. The fourth-order valence-corrected chi connectivity index (χ4v) is 4.03. The number of carbonyl (C=O) groups excluding carboxylic acids is 2. The first-order valence-electron chi connectivity index (χ1n) is 9.98. The zero-order chi connectivity index (χ0) is 20.8. The molecule has 2 aromatic rings. The molecule has 0 spiro atoms. The molecule has 0 heterocycles. The van der Waals surface area contributed by atoms with Crippen molar-refractivity contribution in [3.63, 3.8) is 0 Å². The molecular formula is C24H25BrFNO2. The average Bonchev–Trinajstić information content (AvgIpc) is 2.72. The Hall–Kier alpha value is -2.27. The smallest absolute Gasteiger partial charge is 0.230 e. The molecule has 152 valence electrons. The van der Waals surface area contributed by atoms with Gasteiger partial charge in [0, 0.05) is 21.6 Å². The fraction of sp³-hybridized carbons (Fsp3) is 0.333. The number of anilines is 1. The SMILES string of the molecule is CC(=O)/C=C/c1cccc(N(Cc2ccc(Br)cc2F)C(=O)C2CCCCC2)c1. The predicted octanol–water partition coefficient (Wildman–Crippen LogP) is 6.30. The van der Waals surface area contributed by atoms with E-state index in [1.807, 2.05) is 24.3 Å². The first-order chi connectivity index (χ1) is 13.9. The van der Waals surface area contributed by atoms with Crippen molar-refractivity contribution in [3.05, 3.63) is 70.0 Å². The normalized spacial score (nSPS) is 14.9. The van der Waals surface area contributed by atoms with E-state index in [9.17, 15) is 14.0 Å². The Labute approximate surface area is 179 Å². The van der Waals surface area contributed by atoms with E-state index in [0.717, 1.165) is 37.7 Å². The molecule has 5 heteroatoms. The number of ketones is 1. The molecule has 2 aromatic carbocycles. The number of halogens is 2. The van der Waals surface area contributed by atoms with E-state index in [4.69, 9.17) is 0 Å². The largest absolute Gasteiger partial charge is 0.308 e. The van der Waals surface area contributed by atoms with E-state index in [-0.39, 0.29) is 30.0 Å². The molecule has 0 unspecified atom stereocenters. The van der Waals surface area contributed by atoms with Gasteiger partial charge in [-0.15, -0.1) is 0 Å². The maximum atomic E-state index is 14.5. The van der Waals surface area contributed by atoms with Gasteiger partial charge in [0.1, 0.15) is 5.82 Å². The van der Waals surface area contributed by atoms with Gasteiger partial charge < -0.3 is 4.90 Å². The summed E-state index contributed by atoms with van der Waals surface area (Å²) < 4.78 is 15.2. The van der Waals surface area contributed by atoms with E-state index in [1.165, 1.54) is 19.1 Å². The Morgan fingerprint density at radius 1 is 1.14 bits per heavy atom. The van der Waals surface area contributed by atoms with Crippen LogP contribution in [0.15, 0.2) is 53.0 Å². The number of carbonyl (C=O) groups is 2. The quantitative estimate of drug-likeness (QED) is 0.476. The van der Waals surface area contributed by atoms with Crippen molar-refractivity contribution < 1.29 is 14.0 Å². The van der Waals surface area contributed by atoms with E-state index in [2.05, 4.69) is 15.9 Å². The van der Waals surface area contributed by atoms with E-state index < -0.39 is 0 Å². The highest BCUT2D eigenvalue weighted by Gasteiger charge is 2.27. The fourth-order valence-electron chi connectivity index (χ4n) is 3.70. The number of benzene rings is 2. The third-order valence-electron chi connectivity index (χ3n) is 5.26. The molecule has 1 amide bonds. The van der Waals surface area contributed by atoms with Gasteiger partial charge in [0.15, 0.2) is 5.78 Å². The summed E-state index contributed by atoms with van der Waals surface area (Å²) in [5, 5.41) is 0. The van der Waals surface area contributed by atoms with Gasteiger partial charge in [-0.25, -0.2) is 4.39 Å². The average molecular weight is 458 g/mol. The van der Waals surface area contributed by atoms with Gasteiger partial charge in [0.2, 0.25) is 5.91 Å². The molecule has 0 N–H and O–H groups in total. The van der Waals surface area contributed by atoms with Crippen LogP contribution in [0.4, 0.5) is 10.1 Å². The molecule has 3 nitrogen and oxygen atoms in total. The van der Waals surface area contributed by atoms with Crippen molar-refractivity contribution >= 4 is 39.4 Å². The second-order valence-electron chi connectivity index (χ2n) is 7.53. The van der Waals surface area contributed by atoms with Crippen LogP contribution in [0.25, 0.3) is 6.08 Å². The molecule has 0 aliphatic heterocycles. The van der Waals surface area contributed by atoms with Crippen molar-refractivity contribution in [3.8, 4) is 0 Å². The molecule has 0 bridgehead atoms. The van der Waals surface area contributed by atoms with E-state index in [0.29, 0.717) is 15.7 Å². The van der Waals surface area contributed by atoms with Gasteiger partial charge in [0.05, 0.1) is 6.54 Å². The van der Waals surface area contributed by atoms with Crippen LogP contribution in [-0.2, 0) is 16.1 Å². The van der Waals surface area contributed by atoms with Gasteiger partial charge in [-0.3, -0.25) is 9.59 Å². The molecule has 1 saturated carbocycles. The lowest BCUT2D eigenvalue weighted by molar-refractivity contribution is -0.123. The van der Waals surface area contributed by atoms with Gasteiger partial charge in [-0.05, 0) is 55.7 Å². The summed E-state index contributed by atoms with van der Waals surface area (Å²) in [6.45, 7) is 1.67. The number of hydrogen-bond acceptors (Lipinski definition) is 2. The molecule has 0 aromatic heterocycles. The van der Waals surface area contributed by atoms with Crippen molar-refractivity contribution in [1.29, 1.82) is 0 Å². The number of rotatable bonds is 6. The molecule has 0 radical (unpaired) electrons. The zero-order valence-electron chi connectivity index (χ0n) is 16.5. The Morgan fingerprint density at radius 2 is 1.90 bits per heavy atom. The number of allylic oxidation sites excluding steroid dienone is 1. The lowest BCUT2D eigenvalue weighted by atomic mass is 9.88. The van der Waals surface area contributed by atoms with Crippen molar-refractivity contribution in [2.45, 2.75) is 45.6 Å². The predicted molar refractivity (Wildman–Crippen MR) is 118 cm³/mol. The number of hydrogen-bond donors (Lipinski definition) is 0. The van der Waals surface area contributed by atoms with Crippen LogP contribution in [0.1, 0.15) is 50.2 Å². The summed E-state index contributed by atoms with van der Waals surface area (Å²) in [5.41, 5.74) is 2.02. The van der Waals surface area contributed by atoms with Crippen molar-refractivity contribution in [2.24, 2.45) is 5.92 Å². The Balaban J connectivity index is 1.94. The summed E-state index contributed by atoms with van der Waals surface area (Å²) in [6.07, 6.45) is 8.26. The number of amides is 1. The van der Waals surface area contributed by atoms with Gasteiger partial charge in [-0.1, -0.05) is 59.5 Å². The second kappa shape index (κ2) is 9.97. The van der Waals surface area contributed by atoms with Crippen LogP contribution in [0.2, 0.25) is 0 Å². The summed E-state index contributed by atoms with van der Waals surface area (Å²) in [5.74, 6) is -0.366. The lowest BCUT2D eigenvalue weighted by Gasteiger charge is -2.30. The highest BCUT2D eigenvalue weighted by atomic mass is 79.9. The van der Waals surface area contributed by atoms with Crippen LogP contribution in [0.3, 0.4) is 0 Å². The molecule has 0 atom stereocenters. The minimum absolute atomic E-state index is 0.0290. The molecule has 1 aliphatic carbocycles. The first kappa shape index (κ1) is 21.4. The Kier molecular flexibility index (Phi) is 7.37. The molecule has 1 aliphatic rings. The summed E-state index contributed by atoms with van der Waals surface area (Å²) in [6, 6.07) is 12.4.